The van der Waals surface area contributed by atoms with Crippen molar-refractivity contribution in [2.75, 3.05) is 5.32 Å². The molecule has 1 amide bonds. The molecule has 4 nitrogen and oxygen atoms in total. The largest absolute Gasteiger partial charge is 0.484 e. The van der Waals surface area contributed by atoms with Gasteiger partial charge in [0.2, 0.25) is 6.41 Å². The molecule has 0 aliphatic carbocycles. The number of benzene rings is 1. The van der Waals surface area contributed by atoms with Crippen LogP contribution in [-0.2, 0) is 11.4 Å². The molecule has 1 aromatic carbocycles. The van der Waals surface area contributed by atoms with Crippen molar-refractivity contribution >= 4 is 34.8 Å². The summed E-state index contributed by atoms with van der Waals surface area (Å²) >= 11 is 3.05. The molecule has 0 fully saturated rings. The molecule has 0 bridgehead atoms. The van der Waals surface area contributed by atoms with Crippen molar-refractivity contribution in [3.63, 3.8) is 0 Å². The number of ether oxygens (including phenoxy) is 1. The van der Waals surface area contributed by atoms with Crippen LogP contribution in [0.2, 0.25) is 0 Å². The Morgan fingerprint density at radius 2 is 2.13 bits per heavy atom. The highest BCUT2D eigenvalue weighted by Crippen LogP contribution is 2.30. The third kappa shape index (κ3) is 3.38. The number of carbonyl (C=O) groups is 1. The number of anilines is 1. The summed E-state index contributed by atoms with van der Waals surface area (Å²) in [5.74, 6) is -1.97. The van der Waals surface area contributed by atoms with Gasteiger partial charge < -0.3 is 10.1 Å². The standard InChI is InChI=1S/C15H10F2N2O2S2/c16-10-3-4-11(13(17)14(10)18-8-20)21-6-9-7-23-15(19-9)12-2-1-5-22-12/h1-5,7-8H,6H2,(H,18,20). The van der Waals surface area contributed by atoms with Gasteiger partial charge in [-0.15, -0.1) is 22.7 Å². The van der Waals surface area contributed by atoms with Gasteiger partial charge >= 0.3 is 0 Å². The van der Waals surface area contributed by atoms with Gasteiger partial charge in [0, 0.05) is 5.38 Å². The Kier molecular flexibility index (Phi) is 4.63. The number of nitrogens with one attached hydrogen (secondary N) is 1. The summed E-state index contributed by atoms with van der Waals surface area (Å²) in [5.41, 5.74) is 0.113. The first-order chi connectivity index (χ1) is 11.2. The number of hydrogen-bond donors (Lipinski definition) is 1. The minimum absolute atomic E-state index is 0.0466. The third-order valence-corrected chi connectivity index (χ3v) is 4.85. The van der Waals surface area contributed by atoms with Crippen molar-refractivity contribution < 1.29 is 18.3 Å². The lowest BCUT2D eigenvalue weighted by Gasteiger charge is -2.09. The Morgan fingerprint density at radius 3 is 2.87 bits per heavy atom. The molecule has 3 rings (SSSR count). The molecule has 2 aromatic heterocycles. The zero-order valence-electron chi connectivity index (χ0n) is 11.6. The first-order valence-electron chi connectivity index (χ1n) is 6.48. The molecular formula is C15H10F2N2O2S2. The highest BCUT2D eigenvalue weighted by Gasteiger charge is 2.15. The molecule has 0 aliphatic rings. The van der Waals surface area contributed by atoms with E-state index < -0.39 is 17.3 Å². The van der Waals surface area contributed by atoms with Gasteiger partial charge in [0.15, 0.2) is 11.6 Å². The molecule has 0 atom stereocenters. The van der Waals surface area contributed by atoms with Crippen LogP contribution in [0.4, 0.5) is 14.5 Å². The fourth-order valence-electron chi connectivity index (χ4n) is 1.87. The first-order valence-corrected chi connectivity index (χ1v) is 8.24. The molecule has 0 saturated carbocycles. The third-order valence-electron chi connectivity index (χ3n) is 2.92. The summed E-state index contributed by atoms with van der Waals surface area (Å²) < 4.78 is 32.8. The number of amides is 1. The lowest BCUT2D eigenvalue weighted by atomic mass is 10.2. The summed E-state index contributed by atoms with van der Waals surface area (Å²) in [7, 11) is 0. The number of thiazole rings is 1. The number of rotatable bonds is 6. The van der Waals surface area contributed by atoms with Gasteiger partial charge in [-0.3, -0.25) is 4.79 Å². The number of hydrogen-bond acceptors (Lipinski definition) is 5. The summed E-state index contributed by atoms with van der Waals surface area (Å²) in [4.78, 5) is 15.8. The Balaban J connectivity index is 1.74. The lowest BCUT2D eigenvalue weighted by molar-refractivity contribution is -0.105. The normalized spacial score (nSPS) is 10.5. The molecule has 23 heavy (non-hydrogen) atoms. The van der Waals surface area contributed by atoms with Gasteiger partial charge in [-0.2, -0.15) is 0 Å². The average molecular weight is 352 g/mol. The number of carbonyl (C=O) groups excluding carboxylic acids is 1. The van der Waals surface area contributed by atoms with Gasteiger partial charge in [-0.05, 0) is 23.6 Å². The van der Waals surface area contributed by atoms with E-state index in [0.717, 1.165) is 16.0 Å². The van der Waals surface area contributed by atoms with Crippen LogP contribution in [0, 0.1) is 11.6 Å². The van der Waals surface area contributed by atoms with Crippen LogP contribution in [-0.4, -0.2) is 11.4 Å². The van der Waals surface area contributed by atoms with Crippen molar-refractivity contribution in [2.24, 2.45) is 0 Å². The molecule has 0 aliphatic heterocycles. The highest BCUT2D eigenvalue weighted by molar-refractivity contribution is 7.20. The molecule has 8 heteroatoms. The van der Waals surface area contributed by atoms with Gasteiger partial charge in [0.25, 0.3) is 0 Å². The molecule has 1 N–H and O–H groups in total. The van der Waals surface area contributed by atoms with Crippen LogP contribution in [0.25, 0.3) is 9.88 Å². The molecule has 0 spiro atoms. The molecule has 0 saturated heterocycles. The van der Waals surface area contributed by atoms with Crippen molar-refractivity contribution in [1.82, 2.24) is 4.98 Å². The number of halogens is 2. The van der Waals surface area contributed by atoms with E-state index in [0.29, 0.717) is 5.69 Å². The van der Waals surface area contributed by atoms with Gasteiger partial charge in [-0.25, -0.2) is 13.8 Å². The molecule has 0 radical (unpaired) electrons. The van der Waals surface area contributed by atoms with Crippen LogP contribution in [0.1, 0.15) is 5.69 Å². The van der Waals surface area contributed by atoms with E-state index in [1.807, 2.05) is 28.2 Å². The van der Waals surface area contributed by atoms with Gasteiger partial charge in [0.1, 0.15) is 23.1 Å². The second-order valence-electron chi connectivity index (χ2n) is 4.41. The molecular weight excluding hydrogens is 342 g/mol. The minimum atomic E-state index is -0.953. The second-order valence-corrected chi connectivity index (χ2v) is 6.21. The minimum Gasteiger partial charge on any atom is -0.484 e. The van der Waals surface area contributed by atoms with Crippen LogP contribution < -0.4 is 10.1 Å². The Hall–Kier alpha value is -2.32. The fraction of sp³-hybridized carbons (Fsp3) is 0.0667. The van der Waals surface area contributed by atoms with E-state index in [1.165, 1.54) is 17.4 Å². The summed E-state index contributed by atoms with van der Waals surface area (Å²) in [6, 6.07) is 6.10. The van der Waals surface area contributed by atoms with Crippen LogP contribution >= 0.6 is 22.7 Å². The summed E-state index contributed by atoms with van der Waals surface area (Å²) in [5, 5.41) is 6.63. The van der Waals surface area contributed by atoms with Crippen LogP contribution in [0.3, 0.4) is 0 Å². The Bertz CT molecular complexity index is 819. The van der Waals surface area contributed by atoms with E-state index in [9.17, 15) is 13.6 Å². The summed E-state index contributed by atoms with van der Waals surface area (Å²) in [6.07, 6.45) is 0.207. The Labute approximate surface area is 138 Å². The molecule has 118 valence electrons. The lowest BCUT2D eigenvalue weighted by Crippen LogP contribution is -2.04. The van der Waals surface area contributed by atoms with E-state index in [-0.39, 0.29) is 18.8 Å². The topological polar surface area (TPSA) is 51.2 Å². The maximum atomic E-state index is 14.0. The number of nitrogens with zero attached hydrogens (tertiary/aromatic N) is 1. The highest BCUT2D eigenvalue weighted by atomic mass is 32.1. The maximum Gasteiger partial charge on any atom is 0.211 e. The molecule has 0 unspecified atom stereocenters. The zero-order valence-corrected chi connectivity index (χ0v) is 13.2. The number of aromatic nitrogens is 1. The average Bonchev–Trinajstić information content (AvgIpc) is 3.21. The predicted octanol–water partition coefficient (Wildman–Crippen LogP) is 4.30. The quantitative estimate of drug-likeness (QED) is 0.673. The smallest absolute Gasteiger partial charge is 0.211 e. The van der Waals surface area contributed by atoms with Gasteiger partial charge in [-0.1, -0.05) is 6.07 Å². The van der Waals surface area contributed by atoms with Crippen molar-refractivity contribution in [1.29, 1.82) is 0 Å². The predicted molar refractivity (Wildman–Crippen MR) is 85.8 cm³/mol. The molecule has 3 aromatic rings. The van der Waals surface area contributed by atoms with E-state index >= 15 is 0 Å². The fourth-order valence-corrected chi connectivity index (χ4v) is 3.49. The monoisotopic (exact) mass is 352 g/mol. The Morgan fingerprint density at radius 1 is 1.26 bits per heavy atom. The van der Waals surface area contributed by atoms with E-state index in [2.05, 4.69) is 4.98 Å². The number of thiophene rings is 1. The zero-order chi connectivity index (χ0) is 16.2. The summed E-state index contributed by atoms with van der Waals surface area (Å²) in [6.45, 7) is 0.0466. The van der Waals surface area contributed by atoms with Crippen molar-refractivity contribution in [3.8, 4) is 15.6 Å². The first kappa shape index (κ1) is 15.6. The van der Waals surface area contributed by atoms with Crippen molar-refractivity contribution in [2.45, 2.75) is 6.61 Å². The van der Waals surface area contributed by atoms with Gasteiger partial charge in [0.05, 0.1) is 10.6 Å². The maximum absolute atomic E-state index is 14.0. The SMILES string of the molecule is O=CNc1c(F)ccc(OCc2csc(-c3cccs3)n2)c1F. The van der Waals surface area contributed by atoms with Crippen LogP contribution in [0.5, 0.6) is 5.75 Å². The van der Waals surface area contributed by atoms with Crippen LogP contribution in [0.15, 0.2) is 35.0 Å². The molecule has 2 heterocycles. The van der Waals surface area contributed by atoms with E-state index in [1.54, 1.807) is 11.3 Å². The van der Waals surface area contributed by atoms with Crippen molar-refractivity contribution in [3.05, 3.63) is 52.4 Å². The van der Waals surface area contributed by atoms with E-state index in [4.69, 9.17) is 4.74 Å². The second kappa shape index (κ2) is 6.84.